The molecule has 2 aromatic rings. The number of hydrogen-bond donors (Lipinski definition) is 1. The Hall–Kier alpha value is -2.61. The normalized spacial score (nSPS) is 16.2. The van der Waals surface area contributed by atoms with Crippen LogP contribution in [0.5, 0.6) is 0 Å². The molecule has 0 radical (unpaired) electrons. The van der Waals surface area contributed by atoms with Crippen LogP contribution in [0.3, 0.4) is 0 Å². The van der Waals surface area contributed by atoms with Crippen LogP contribution in [0.15, 0.2) is 24.3 Å². The predicted molar refractivity (Wildman–Crippen MR) is 109 cm³/mol. The number of anilines is 2. The van der Waals surface area contributed by atoms with E-state index >= 15 is 0 Å². The maximum Gasteiger partial charge on any atom is 0.241 e. The minimum atomic E-state index is -0.782. The number of halogens is 2. The molecule has 1 aliphatic rings. The van der Waals surface area contributed by atoms with E-state index in [1.807, 2.05) is 17.9 Å². The summed E-state index contributed by atoms with van der Waals surface area (Å²) >= 11 is 0. The Morgan fingerprint density at radius 3 is 2.28 bits per heavy atom. The summed E-state index contributed by atoms with van der Waals surface area (Å²) < 4.78 is 27.6. The number of carbonyl (C=O) groups excluding carboxylic acids is 1. The Kier molecular flexibility index (Phi) is 6.42. The molecule has 1 aromatic carbocycles. The Labute approximate surface area is 169 Å². The summed E-state index contributed by atoms with van der Waals surface area (Å²) in [6.45, 7) is 10.5. The second-order valence-electron chi connectivity index (χ2n) is 7.67. The quantitative estimate of drug-likeness (QED) is 0.830. The number of para-hydroxylation sites is 1. The SMILES string of the molecule is Cc1cc(N2CCN([C@@H](C)C(=O)Nc3c(F)cccc3F)CC2)nc(C(C)C)n1. The van der Waals surface area contributed by atoms with Crippen LogP contribution < -0.4 is 10.2 Å². The zero-order chi connectivity index (χ0) is 21.1. The van der Waals surface area contributed by atoms with Crippen molar-refractivity contribution in [1.82, 2.24) is 14.9 Å². The predicted octanol–water partition coefficient (Wildman–Crippen LogP) is 3.34. The third-order valence-electron chi connectivity index (χ3n) is 5.15. The Morgan fingerprint density at radius 1 is 1.07 bits per heavy atom. The summed E-state index contributed by atoms with van der Waals surface area (Å²) in [5.41, 5.74) is 0.529. The summed E-state index contributed by atoms with van der Waals surface area (Å²) in [6.07, 6.45) is 0. The number of aromatic nitrogens is 2. The monoisotopic (exact) mass is 403 g/mol. The van der Waals surface area contributed by atoms with Crippen molar-refractivity contribution >= 4 is 17.4 Å². The van der Waals surface area contributed by atoms with Gasteiger partial charge in [-0.25, -0.2) is 18.7 Å². The fourth-order valence-corrected chi connectivity index (χ4v) is 3.34. The topological polar surface area (TPSA) is 61.4 Å². The molecule has 0 bridgehead atoms. The molecule has 1 N–H and O–H groups in total. The van der Waals surface area contributed by atoms with Gasteiger partial charge in [0.1, 0.15) is 29.0 Å². The van der Waals surface area contributed by atoms with Crippen molar-refractivity contribution in [2.45, 2.75) is 39.7 Å². The molecule has 1 aromatic heterocycles. The van der Waals surface area contributed by atoms with Gasteiger partial charge in [-0.05, 0) is 26.0 Å². The molecule has 0 saturated carbocycles. The van der Waals surface area contributed by atoms with Crippen LogP contribution in [0.2, 0.25) is 0 Å². The van der Waals surface area contributed by atoms with Crippen LogP contribution in [-0.4, -0.2) is 53.0 Å². The van der Waals surface area contributed by atoms with Crippen LogP contribution in [-0.2, 0) is 4.79 Å². The largest absolute Gasteiger partial charge is 0.354 e. The third-order valence-corrected chi connectivity index (χ3v) is 5.15. The highest BCUT2D eigenvalue weighted by Gasteiger charge is 2.27. The minimum Gasteiger partial charge on any atom is -0.354 e. The van der Waals surface area contributed by atoms with Gasteiger partial charge in [-0.1, -0.05) is 19.9 Å². The van der Waals surface area contributed by atoms with Crippen LogP contribution in [0.4, 0.5) is 20.3 Å². The van der Waals surface area contributed by atoms with E-state index < -0.39 is 29.3 Å². The molecule has 29 heavy (non-hydrogen) atoms. The van der Waals surface area contributed by atoms with Gasteiger partial charge >= 0.3 is 0 Å². The minimum absolute atomic E-state index is 0.248. The molecule has 6 nitrogen and oxygen atoms in total. The van der Waals surface area contributed by atoms with Crippen molar-refractivity contribution in [1.29, 1.82) is 0 Å². The molecule has 0 aliphatic carbocycles. The van der Waals surface area contributed by atoms with Crippen LogP contribution in [0.25, 0.3) is 0 Å². The first-order valence-corrected chi connectivity index (χ1v) is 9.85. The first kappa shape index (κ1) is 21.1. The molecule has 2 heterocycles. The lowest BCUT2D eigenvalue weighted by Crippen LogP contribution is -2.53. The van der Waals surface area contributed by atoms with Gasteiger partial charge in [-0.15, -0.1) is 0 Å². The summed E-state index contributed by atoms with van der Waals surface area (Å²) in [5.74, 6) is -0.0285. The lowest BCUT2D eigenvalue weighted by atomic mass is 10.2. The molecule has 156 valence electrons. The van der Waals surface area contributed by atoms with Crippen LogP contribution in [0, 0.1) is 18.6 Å². The molecule has 8 heteroatoms. The fourth-order valence-electron chi connectivity index (χ4n) is 3.34. The third kappa shape index (κ3) is 4.87. The van der Waals surface area contributed by atoms with Crippen molar-refractivity contribution in [2.24, 2.45) is 0 Å². The second-order valence-corrected chi connectivity index (χ2v) is 7.67. The number of piperazine rings is 1. The van der Waals surface area contributed by atoms with E-state index in [9.17, 15) is 13.6 Å². The van der Waals surface area contributed by atoms with E-state index in [0.717, 1.165) is 29.5 Å². The van der Waals surface area contributed by atoms with Gasteiger partial charge in [0.05, 0.1) is 6.04 Å². The maximum atomic E-state index is 13.8. The van der Waals surface area contributed by atoms with Crippen LogP contribution >= 0.6 is 0 Å². The lowest BCUT2D eigenvalue weighted by molar-refractivity contribution is -0.120. The number of nitrogens with one attached hydrogen (secondary N) is 1. The van der Waals surface area contributed by atoms with E-state index in [4.69, 9.17) is 0 Å². The average molecular weight is 403 g/mol. The molecule has 3 rings (SSSR count). The van der Waals surface area contributed by atoms with Crippen molar-refractivity contribution in [2.75, 3.05) is 36.4 Å². The lowest BCUT2D eigenvalue weighted by Gasteiger charge is -2.38. The maximum absolute atomic E-state index is 13.8. The van der Waals surface area contributed by atoms with Gasteiger partial charge in [0, 0.05) is 43.9 Å². The van der Waals surface area contributed by atoms with Gasteiger partial charge in [0.2, 0.25) is 5.91 Å². The zero-order valence-corrected chi connectivity index (χ0v) is 17.2. The van der Waals surface area contributed by atoms with Gasteiger partial charge in [-0.3, -0.25) is 9.69 Å². The highest BCUT2D eigenvalue weighted by Crippen LogP contribution is 2.21. The summed E-state index contributed by atoms with van der Waals surface area (Å²) in [6, 6.07) is 4.98. The summed E-state index contributed by atoms with van der Waals surface area (Å²) in [4.78, 5) is 25.8. The second kappa shape index (κ2) is 8.82. The van der Waals surface area contributed by atoms with E-state index in [2.05, 4.69) is 34.0 Å². The molecule has 1 saturated heterocycles. The van der Waals surface area contributed by atoms with Gasteiger partial charge in [0.25, 0.3) is 0 Å². The number of rotatable bonds is 5. The smallest absolute Gasteiger partial charge is 0.241 e. The molecule has 0 unspecified atom stereocenters. The molecule has 0 spiro atoms. The summed E-state index contributed by atoms with van der Waals surface area (Å²) in [5, 5.41) is 2.38. The number of aryl methyl sites for hydroxylation is 1. The number of benzene rings is 1. The fraction of sp³-hybridized carbons (Fsp3) is 0.476. The van der Waals surface area contributed by atoms with Crippen LogP contribution in [0.1, 0.15) is 38.2 Å². The molecule has 1 atom stereocenters. The molecular formula is C21H27F2N5O. The van der Waals surface area contributed by atoms with Crippen molar-refractivity contribution in [3.8, 4) is 0 Å². The Bertz CT molecular complexity index is 861. The van der Waals surface area contributed by atoms with E-state index in [1.54, 1.807) is 6.92 Å². The van der Waals surface area contributed by atoms with Crippen molar-refractivity contribution < 1.29 is 13.6 Å². The van der Waals surface area contributed by atoms with Gasteiger partial charge in [-0.2, -0.15) is 0 Å². The average Bonchev–Trinajstić information content (AvgIpc) is 2.69. The van der Waals surface area contributed by atoms with E-state index in [-0.39, 0.29) is 5.92 Å². The van der Waals surface area contributed by atoms with Crippen molar-refractivity contribution in [3.05, 3.63) is 47.4 Å². The van der Waals surface area contributed by atoms with E-state index in [0.29, 0.717) is 26.2 Å². The Morgan fingerprint density at radius 2 is 1.69 bits per heavy atom. The molecule has 1 amide bonds. The molecule has 1 fully saturated rings. The number of carbonyl (C=O) groups is 1. The highest BCUT2D eigenvalue weighted by atomic mass is 19.1. The number of nitrogens with zero attached hydrogens (tertiary/aromatic N) is 4. The summed E-state index contributed by atoms with van der Waals surface area (Å²) in [7, 11) is 0. The number of amides is 1. The first-order valence-electron chi connectivity index (χ1n) is 9.85. The zero-order valence-electron chi connectivity index (χ0n) is 17.2. The van der Waals surface area contributed by atoms with Gasteiger partial charge < -0.3 is 10.2 Å². The number of hydrogen-bond acceptors (Lipinski definition) is 5. The molecular weight excluding hydrogens is 376 g/mol. The van der Waals surface area contributed by atoms with E-state index in [1.165, 1.54) is 6.07 Å². The van der Waals surface area contributed by atoms with Crippen molar-refractivity contribution in [3.63, 3.8) is 0 Å². The standard InChI is InChI=1S/C21H27F2N5O/c1-13(2)20-24-14(3)12-18(25-20)28-10-8-27(9-11-28)15(4)21(29)26-19-16(22)6-5-7-17(19)23/h5-7,12-13,15H,8-11H2,1-4H3,(H,26,29)/t15-/m0/s1. The van der Waals surface area contributed by atoms with Gasteiger partial charge in [0.15, 0.2) is 0 Å². The highest BCUT2D eigenvalue weighted by molar-refractivity contribution is 5.94. The molecule has 1 aliphatic heterocycles. The first-order chi connectivity index (χ1) is 13.8. The Balaban J connectivity index is 1.62.